The van der Waals surface area contributed by atoms with E-state index in [0.29, 0.717) is 5.92 Å². The van der Waals surface area contributed by atoms with E-state index >= 15 is 0 Å². The van der Waals surface area contributed by atoms with Crippen molar-refractivity contribution in [3.63, 3.8) is 0 Å². The number of aromatic nitrogens is 2. The molecule has 2 rings (SSSR count). The Morgan fingerprint density at radius 1 is 1.35 bits per heavy atom. The van der Waals surface area contributed by atoms with Gasteiger partial charge in [-0.15, -0.1) is 0 Å². The maximum absolute atomic E-state index is 12.2. The minimum atomic E-state index is -0.583. The molecule has 7 heteroatoms. The Kier molecular flexibility index (Phi) is 5.46. The van der Waals surface area contributed by atoms with E-state index in [1.165, 1.54) is 17.1 Å². The fourth-order valence-corrected chi connectivity index (χ4v) is 2.37. The van der Waals surface area contributed by atoms with Crippen molar-refractivity contribution in [2.75, 3.05) is 0 Å². The number of nitrogens with zero attached hydrogens (tertiary/aromatic N) is 3. The zero-order valence-corrected chi connectivity index (χ0v) is 13.2. The van der Waals surface area contributed by atoms with E-state index in [9.17, 15) is 14.9 Å². The molecule has 7 nitrogen and oxygen atoms in total. The Balaban J connectivity index is 2.03. The lowest BCUT2D eigenvalue weighted by Gasteiger charge is -2.21. The van der Waals surface area contributed by atoms with E-state index in [1.54, 1.807) is 0 Å². The molecule has 1 heterocycles. The number of carbonyl (C=O) groups excluding carboxylic acids is 1. The van der Waals surface area contributed by atoms with E-state index < -0.39 is 4.92 Å². The fourth-order valence-electron chi connectivity index (χ4n) is 2.37. The molecule has 1 N–H and O–H groups in total. The lowest BCUT2D eigenvalue weighted by atomic mass is 9.97. The quantitative estimate of drug-likeness (QED) is 0.628. The van der Waals surface area contributed by atoms with Crippen LogP contribution in [0, 0.1) is 16.0 Å². The summed E-state index contributed by atoms with van der Waals surface area (Å²) in [4.78, 5) is 25.9. The first kappa shape index (κ1) is 16.7. The van der Waals surface area contributed by atoms with Crippen LogP contribution in [0.4, 0.5) is 5.82 Å². The largest absolute Gasteiger partial charge is 0.381 e. The first-order chi connectivity index (χ1) is 11.0. The predicted molar refractivity (Wildman–Crippen MR) is 85.7 cm³/mol. The topological polar surface area (TPSA) is 90.1 Å². The molecule has 0 aliphatic heterocycles. The minimum Gasteiger partial charge on any atom is -0.358 e. The molecule has 0 saturated heterocycles. The second kappa shape index (κ2) is 7.53. The predicted octanol–water partition coefficient (Wildman–Crippen LogP) is 2.69. The summed E-state index contributed by atoms with van der Waals surface area (Å²) in [6, 6.07) is 9.69. The Labute approximate surface area is 134 Å². The van der Waals surface area contributed by atoms with Crippen LogP contribution >= 0.6 is 0 Å². The lowest BCUT2D eigenvalue weighted by molar-refractivity contribution is -0.389. The molecular weight excluding hydrogens is 296 g/mol. The van der Waals surface area contributed by atoms with Crippen LogP contribution in [0.1, 0.15) is 31.9 Å². The normalized spacial score (nSPS) is 12.1. The van der Waals surface area contributed by atoms with E-state index in [4.69, 9.17) is 0 Å². The summed E-state index contributed by atoms with van der Waals surface area (Å²) in [6.45, 7) is 4.20. The SMILES string of the molecule is CC(C)CC(NC(=O)Cn1cnc([N+](=O)[O-])c1)c1ccccc1. The Morgan fingerprint density at radius 2 is 2.04 bits per heavy atom. The highest BCUT2D eigenvalue weighted by Gasteiger charge is 2.17. The van der Waals surface area contributed by atoms with Crippen LogP contribution in [0.3, 0.4) is 0 Å². The maximum atomic E-state index is 12.2. The number of benzene rings is 1. The van der Waals surface area contributed by atoms with Crippen LogP contribution in [0.2, 0.25) is 0 Å². The average Bonchev–Trinajstić information content (AvgIpc) is 2.95. The molecule has 23 heavy (non-hydrogen) atoms. The number of nitrogens with one attached hydrogen (secondary N) is 1. The van der Waals surface area contributed by atoms with Crippen molar-refractivity contribution in [3.8, 4) is 0 Å². The van der Waals surface area contributed by atoms with Gasteiger partial charge in [0.25, 0.3) is 0 Å². The highest BCUT2D eigenvalue weighted by atomic mass is 16.6. The van der Waals surface area contributed by atoms with E-state index in [-0.39, 0.29) is 24.3 Å². The summed E-state index contributed by atoms with van der Waals surface area (Å²) >= 11 is 0. The third kappa shape index (κ3) is 4.91. The number of hydrogen-bond donors (Lipinski definition) is 1. The number of imidazole rings is 1. The van der Waals surface area contributed by atoms with Gasteiger partial charge in [-0.25, -0.2) is 0 Å². The van der Waals surface area contributed by atoms with Crippen molar-refractivity contribution in [3.05, 3.63) is 58.5 Å². The maximum Gasteiger partial charge on any atom is 0.381 e. The Morgan fingerprint density at radius 3 is 2.61 bits per heavy atom. The number of hydrogen-bond acceptors (Lipinski definition) is 4. The molecule has 0 aliphatic carbocycles. The van der Waals surface area contributed by atoms with Gasteiger partial charge in [0.15, 0.2) is 0 Å². The van der Waals surface area contributed by atoms with Crippen molar-refractivity contribution >= 4 is 11.7 Å². The van der Waals surface area contributed by atoms with Gasteiger partial charge < -0.3 is 20.0 Å². The van der Waals surface area contributed by atoms with Crippen LogP contribution in [0.5, 0.6) is 0 Å². The molecule has 1 atom stereocenters. The van der Waals surface area contributed by atoms with E-state index in [1.807, 2.05) is 30.3 Å². The molecule has 0 bridgehead atoms. The molecule has 1 aromatic heterocycles. The highest BCUT2D eigenvalue weighted by Crippen LogP contribution is 2.21. The van der Waals surface area contributed by atoms with Crippen LogP contribution in [-0.4, -0.2) is 20.4 Å². The highest BCUT2D eigenvalue weighted by molar-refractivity contribution is 5.76. The standard InChI is InChI=1S/C16H20N4O3/c1-12(2)8-14(13-6-4-3-5-7-13)18-16(21)10-19-9-15(17-11-19)20(22)23/h3-7,9,11-12,14H,8,10H2,1-2H3,(H,18,21). The van der Waals surface area contributed by atoms with Crippen molar-refractivity contribution < 1.29 is 9.72 Å². The summed E-state index contributed by atoms with van der Waals surface area (Å²) in [5, 5.41) is 13.6. The first-order valence-corrected chi connectivity index (χ1v) is 7.46. The summed E-state index contributed by atoms with van der Waals surface area (Å²) in [6.07, 6.45) is 3.36. The third-order valence-electron chi connectivity index (χ3n) is 3.38. The van der Waals surface area contributed by atoms with Crippen LogP contribution in [0.25, 0.3) is 0 Å². The molecule has 1 unspecified atom stereocenters. The number of carbonyl (C=O) groups is 1. The summed E-state index contributed by atoms with van der Waals surface area (Å²) in [7, 11) is 0. The van der Waals surface area contributed by atoms with Gasteiger partial charge in [-0.2, -0.15) is 0 Å². The van der Waals surface area contributed by atoms with Gasteiger partial charge in [0.05, 0.1) is 6.04 Å². The van der Waals surface area contributed by atoms with Crippen LogP contribution < -0.4 is 5.32 Å². The van der Waals surface area contributed by atoms with Gasteiger partial charge in [0.2, 0.25) is 12.2 Å². The average molecular weight is 316 g/mol. The van der Waals surface area contributed by atoms with Gasteiger partial charge in [-0.3, -0.25) is 4.79 Å². The first-order valence-electron chi connectivity index (χ1n) is 7.46. The second-order valence-corrected chi connectivity index (χ2v) is 5.82. The molecule has 0 spiro atoms. The Bertz CT molecular complexity index is 667. The minimum absolute atomic E-state index is 0.00225. The van der Waals surface area contributed by atoms with Gasteiger partial charge in [-0.05, 0) is 27.8 Å². The molecule has 0 fully saturated rings. The smallest absolute Gasteiger partial charge is 0.358 e. The van der Waals surface area contributed by atoms with Crippen molar-refractivity contribution in [1.82, 2.24) is 14.9 Å². The number of rotatable bonds is 7. The Hall–Kier alpha value is -2.70. The molecular formula is C16H20N4O3. The molecule has 122 valence electrons. The zero-order valence-electron chi connectivity index (χ0n) is 13.2. The molecule has 0 saturated carbocycles. The summed E-state index contributed by atoms with van der Waals surface area (Å²) < 4.78 is 1.41. The molecule has 2 aromatic rings. The molecule has 1 amide bonds. The summed E-state index contributed by atoms with van der Waals surface area (Å²) in [5.74, 6) is -0.0405. The molecule has 0 aliphatic rings. The van der Waals surface area contributed by atoms with E-state index in [2.05, 4.69) is 24.1 Å². The van der Waals surface area contributed by atoms with E-state index in [0.717, 1.165) is 12.0 Å². The lowest BCUT2D eigenvalue weighted by Crippen LogP contribution is -2.32. The third-order valence-corrected chi connectivity index (χ3v) is 3.38. The number of nitro groups is 1. The van der Waals surface area contributed by atoms with Crippen molar-refractivity contribution in [2.24, 2.45) is 5.92 Å². The fraction of sp³-hybridized carbons (Fsp3) is 0.375. The monoisotopic (exact) mass is 316 g/mol. The van der Waals surface area contributed by atoms with Crippen LogP contribution in [-0.2, 0) is 11.3 Å². The van der Waals surface area contributed by atoms with Crippen molar-refractivity contribution in [2.45, 2.75) is 32.9 Å². The molecule has 1 aromatic carbocycles. The second-order valence-electron chi connectivity index (χ2n) is 5.82. The van der Waals surface area contributed by atoms with Gasteiger partial charge in [-0.1, -0.05) is 44.2 Å². The van der Waals surface area contributed by atoms with Gasteiger partial charge in [0, 0.05) is 0 Å². The number of amides is 1. The van der Waals surface area contributed by atoms with Gasteiger partial charge >= 0.3 is 5.82 Å². The zero-order chi connectivity index (χ0) is 16.8. The summed E-state index contributed by atoms with van der Waals surface area (Å²) in [5.41, 5.74) is 1.05. The van der Waals surface area contributed by atoms with Crippen LogP contribution in [0.15, 0.2) is 42.9 Å². The molecule has 0 radical (unpaired) electrons. The van der Waals surface area contributed by atoms with Gasteiger partial charge in [0.1, 0.15) is 12.7 Å². The van der Waals surface area contributed by atoms with Crippen molar-refractivity contribution in [1.29, 1.82) is 0 Å².